The highest BCUT2D eigenvalue weighted by molar-refractivity contribution is 7.07. The van der Waals surface area contributed by atoms with E-state index in [0.717, 1.165) is 5.56 Å². The molecule has 0 saturated carbocycles. The van der Waals surface area contributed by atoms with E-state index in [1.165, 1.54) is 11.3 Å². The van der Waals surface area contributed by atoms with E-state index in [1.54, 1.807) is 23.0 Å². The minimum Gasteiger partial charge on any atom is -0.344 e. The second-order valence-corrected chi connectivity index (χ2v) is 6.23. The Hall–Kier alpha value is -2.99. The van der Waals surface area contributed by atoms with Gasteiger partial charge in [-0.1, -0.05) is 30.3 Å². The summed E-state index contributed by atoms with van der Waals surface area (Å²) >= 11 is 1.38. The first-order valence-corrected chi connectivity index (χ1v) is 8.73. The number of hydrogen-bond acceptors (Lipinski definition) is 4. The zero-order valence-electron chi connectivity index (χ0n) is 13.6. The first-order chi connectivity index (χ1) is 12.1. The zero-order chi connectivity index (χ0) is 17.6. The number of rotatable bonds is 5. The molecule has 2 amide bonds. The molecule has 25 heavy (non-hydrogen) atoms. The third-order valence-electron chi connectivity index (χ3n) is 3.69. The maximum absolute atomic E-state index is 12.2. The smallest absolute Gasteiger partial charge is 0.271 e. The first kappa shape index (κ1) is 16.9. The summed E-state index contributed by atoms with van der Waals surface area (Å²) in [5.41, 5.74) is 4.21. The Morgan fingerprint density at radius 1 is 1.04 bits per heavy atom. The predicted molar refractivity (Wildman–Crippen MR) is 98.8 cm³/mol. The maximum atomic E-state index is 12.2. The second-order valence-electron chi connectivity index (χ2n) is 5.51. The van der Waals surface area contributed by atoms with Crippen molar-refractivity contribution in [3.05, 3.63) is 82.3 Å². The molecule has 1 atom stereocenters. The van der Waals surface area contributed by atoms with E-state index in [9.17, 15) is 9.59 Å². The number of thiazole rings is 1. The number of benzene rings is 2. The van der Waals surface area contributed by atoms with E-state index in [0.29, 0.717) is 16.9 Å². The van der Waals surface area contributed by atoms with Crippen LogP contribution < -0.4 is 10.6 Å². The van der Waals surface area contributed by atoms with Crippen molar-refractivity contribution in [1.82, 2.24) is 10.3 Å². The molecule has 0 spiro atoms. The van der Waals surface area contributed by atoms with Gasteiger partial charge in [-0.15, -0.1) is 11.3 Å². The van der Waals surface area contributed by atoms with Gasteiger partial charge >= 0.3 is 0 Å². The number of nitrogens with zero attached hydrogens (tertiary/aromatic N) is 1. The van der Waals surface area contributed by atoms with Gasteiger partial charge in [-0.3, -0.25) is 9.59 Å². The summed E-state index contributed by atoms with van der Waals surface area (Å²) in [6.45, 7) is 1.89. The number of aromatic nitrogens is 1. The molecule has 2 aromatic carbocycles. The first-order valence-electron chi connectivity index (χ1n) is 7.79. The number of carbonyl (C=O) groups excluding carboxylic acids is 2. The van der Waals surface area contributed by atoms with E-state index < -0.39 is 0 Å². The van der Waals surface area contributed by atoms with Gasteiger partial charge in [0.2, 0.25) is 0 Å². The van der Waals surface area contributed by atoms with Gasteiger partial charge in [0.15, 0.2) is 0 Å². The molecule has 1 heterocycles. The Kier molecular flexibility index (Phi) is 5.20. The van der Waals surface area contributed by atoms with Gasteiger partial charge in [-0.05, 0) is 36.8 Å². The number of nitrogens with one attached hydrogen (secondary N) is 2. The van der Waals surface area contributed by atoms with Crippen molar-refractivity contribution >= 4 is 28.8 Å². The van der Waals surface area contributed by atoms with Crippen LogP contribution in [-0.2, 0) is 0 Å². The van der Waals surface area contributed by atoms with Gasteiger partial charge in [0.1, 0.15) is 5.69 Å². The molecule has 3 aromatic rings. The van der Waals surface area contributed by atoms with Crippen molar-refractivity contribution in [2.45, 2.75) is 13.0 Å². The highest BCUT2D eigenvalue weighted by atomic mass is 32.1. The van der Waals surface area contributed by atoms with Gasteiger partial charge in [-0.2, -0.15) is 0 Å². The topological polar surface area (TPSA) is 71.1 Å². The van der Waals surface area contributed by atoms with Crippen molar-refractivity contribution < 1.29 is 9.59 Å². The molecule has 5 nitrogen and oxygen atoms in total. The minimum absolute atomic E-state index is 0.170. The number of amides is 2. The summed E-state index contributed by atoms with van der Waals surface area (Å²) in [4.78, 5) is 28.3. The standard InChI is InChI=1S/C19H17N3O2S/c1-13(21-19(24)17-11-25-12-20-17)15-8-5-9-16(10-15)22-18(23)14-6-3-2-4-7-14/h2-13H,1H3,(H,21,24)(H,22,23). The lowest BCUT2D eigenvalue weighted by Gasteiger charge is -2.15. The van der Waals surface area contributed by atoms with Gasteiger partial charge in [0, 0.05) is 16.6 Å². The molecular weight excluding hydrogens is 334 g/mol. The Labute approximate surface area is 149 Å². The van der Waals surface area contributed by atoms with Crippen LogP contribution in [-0.4, -0.2) is 16.8 Å². The maximum Gasteiger partial charge on any atom is 0.271 e. The van der Waals surface area contributed by atoms with E-state index in [2.05, 4.69) is 15.6 Å². The van der Waals surface area contributed by atoms with Crippen molar-refractivity contribution in [1.29, 1.82) is 0 Å². The fourth-order valence-electron chi connectivity index (χ4n) is 2.36. The van der Waals surface area contributed by atoms with E-state index in [1.807, 2.05) is 49.4 Å². The molecule has 6 heteroatoms. The van der Waals surface area contributed by atoms with E-state index >= 15 is 0 Å². The van der Waals surface area contributed by atoms with Crippen LogP contribution in [0.4, 0.5) is 5.69 Å². The van der Waals surface area contributed by atoms with Crippen LogP contribution in [0.5, 0.6) is 0 Å². The lowest BCUT2D eigenvalue weighted by atomic mass is 10.1. The highest BCUT2D eigenvalue weighted by Crippen LogP contribution is 2.18. The van der Waals surface area contributed by atoms with Crippen LogP contribution in [0.15, 0.2) is 65.5 Å². The number of anilines is 1. The van der Waals surface area contributed by atoms with Gasteiger partial charge in [0.25, 0.3) is 11.8 Å². The molecule has 0 fully saturated rings. The molecule has 1 unspecified atom stereocenters. The molecule has 0 aliphatic heterocycles. The van der Waals surface area contributed by atoms with Crippen LogP contribution in [0.3, 0.4) is 0 Å². The van der Waals surface area contributed by atoms with Crippen molar-refractivity contribution in [2.24, 2.45) is 0 Å². The third-order valence-corrected chi connectivity index (χ3v) is 4.28. The summed E-state index contributed by atoms with van der Waals surface area (Å²) in [6.07, 6.45) is 0. The monoisotopic (exact) mass is 351 g/mol. The Morgan fingerprint density at radius 2 is 1.84 bits per heavy atom. The quantitative estimate of drug-likeness (QED) is 0.733. The molecule has 0 saturated heterocycles. The van der Waals surface area contributed by atoms with Crippen molar-refractivity contribution in [3.63, 3.8) is 0 Å². The van der Waals surface area contributed by atoms with Crippen LogP contribution in [0.25, 0.3) is 0 Å². The molecule has 0 aliphatic carbocycles. The van der Waals surface area contributed by atoms with Gasteiger partial charge in [-0.25, -0.2) is 4.98 Å². The molecule has 0 radical (unpaired) electrons. The lowest BCUT2D eigenvalue weighted by Crippen LogP contribution is -2.27. The second kappa shape index (κ2) is 7.72. The van der Waals surface area contributed by atoms with Crippen molar-refractivity contribution in [2.75, 3.05) is 5.32 Å². The molecule has 2 N–H and O–H groups in total. The Balaban J connectivity index is 1.68. The molecular formula is C19H17N3O2S. The molecule has 1 aromatic heterocycles. The fourth-order valence-corrected chi connectivity index (χ4v) is 2.89. The molecule has 0 bridgehead atoms. The summed E-state index contributed by atoms with van der Waals surface area (Å²) in [5, 5.41) is 7.48. The summed E-state index contributed by atoms with van der Waals surface area (Å²) in [6, 6.07) is 16.2. The Bertz CT molecular complexity index is 863. The molecule has 3 rings (SSSR count). The van der Waals surface area contributed by atoms with Gasteiger partial charge in [0.05, 0.1) is 11.6 Å². The average Bonchev–Trinajstić information content (AvgIpc) is 3.17. The SMILES string of the molecule is CC(NC(=O)c1cscn1)c1cccc(NC(=O)c2ccccc2)c1. The van der Waals surface area contributed by atoms with Gasteiger partial charge < -0.3 is 10.6 Å². The van der Waals surface area contributed by atoms with Crippen LogP contribution in [0.2, 0.25) is 0 Å². The molecule has 0 aliphatic rings. The largest absolute Gasteiger partial charge is 0.344 e. The number of carbonyl (C=O) groups is 2. The normalized spacial score (nSPS) is 11.6. The fraction of sp³-hybridized carbons (Fsp3) is 0.105. The number of hydrogen-bond donors (Lipinski definition) is 2. The molecule has 126 valence electrons. The van der Waals surface area contributed by atoms with E-state index in [4.69, 9.17) is 0 Å². The zero-order valence-corrected chi connectivity index (χ0v) is 14.4. The third kappa shape index (κ3) is 4.30. The summed E-state index contributed by atoms with van der Waals surface area (Å²) in [5.74, 6) is -0.385. The van der Waals surface area contributed by atoms with Crippen LogP contribution in [0, 0.1) is 0 Å². The van der Waals surface area contributed by atoms with Crippen molar-refractivity contribution in [3.8, 4) is 0 Å². The lowest BCUT2D eigenvalue weighted by molar-refractivity contribution is 0.0934. The summed E-state index contributed by atoms with van der Waals surface area (Å²) in [7, 11) is 0. The van der Waals surface area contributed by atoms with Crippen LogP contribution >= 0.6 is 11.3 Å². The Morgan fingerprint density at radius 3 is 2.56 bits per heavy atom. The predicted octanol–water partition coefficient (Wildman–Crippen LogP) is 3.89. The highest BCUT2D eigenvalue weighted by Gasteiger charge is 2.13. The van der Waals surface area contributed by atoms with Crippen LogP contribution in [0.1, 0.15) is 39.4 Å². The van der Waals surface area contributed by atoms with E-state index in [-0.39, 0.29) is 17.9 Å². The average molecular weight is 351 g/mol. The minimum atomic E-state index is -0.215. The summed E-state index contributed by atoms with van der Waals surface area (Å²) < 4.78 is 0.